The van der Waals surface area contributed by atoms with Gasteiger partial charge in [0.2, 0.25) is 0 Å². The highest BCUT2D eigenvalue weighted by molar-refractivity contribution is 5.66. The van der Waals surface area contributed by atoms with Crippen molar-refractivity contribution in [3.05, 3.63) is 36.3 Å². The van der Waals surface area contributed by atoms with Gasteiger partial charge in [0.25, 0.3) is 0 Å². The number of nitrogens with zero attached hydrogens (tertiary/aromatic N) is 3. The number of aryl methyl sites for hydroxylation is 1. The molecule has 0 saturated heterocycles. The van der Waals surface area contributed by atoms with Gasteiger partial charge >= 0.3 is 0 Å². The molecule has 1 heterocycles. The van der Waals surface area contributed by atoms with Crippen molar-refractivity contribution in [2.45, 2.75) is 6.92 Å². The third kappa shape index (κ3) is 2.72. The number of rotatable bonds is 3. The number of benzene rings is 1. The smallest absolute Gasteiger partial charge is 0.0929 e. The fourth-order valence-electron chi connectivity index (χ4n) is 1.54. The minimum Gasteiger partial charge on any atom is -0.369 e. The van der Waals surface area contributed by atoms with E-state index in [0.717, 1.165) is 22.6 Å². The minimum atomic E-state index is 0.940. The molecule has 0 aliphatic rings. The van der Waals surface area contributed by atoms with Gasteiger partial charge in [0.15, 0.2) is 0 Å². The molecule has 0 unspecified atom stereocenters. The van der Waals surface area contributed by atoms with Crippen molar-refractivity contribution in [3.8, 4) is 11.3 Å². The molecule has 0 spiro atoms. The molecule has 4 heteroatoms. The Bertz CT molecular complexity index is 508. The molecule has 0 saturated carbocycles. The third-order valence-electron chi connectivity index (χ3n) is 2.41. The molecule has 4 nitrogen and oxygen atoms in total. The maximum atomic E-state index is 4.32. The van der Waals surface area contributed by atoms with Crippen molar-refractivity contribution in [2.75, 3.05) is 14.1 Å². The average Bonchev–Trinajstić information content (AvgIpc) is 2.73. The first kappa shape index (κ1) is 11.4. The molecule has 0 aliphatic heterocycles. The van der Waals surface area contributed by atoms with Crippen LogP contribution < -0.4 is 0 Å². The number of nitrogens with one attached hydrogen (secondary N) is 1. The minimum absolute atomic E-state index is 0.940. The zero-order valence-electron chi connectivity index (χ0n) is 10.3. The van der Waals surface area contributed by atoms with E-state index in [-0.39, 0.29) is 0 Å². The first-order valence-electron chi connectivity index (χ1n) is 5.48. The van der Waals surface area contributed by atoms with Crippen LogP contribution in [-0.4, -0.2) is 35.3 Å². The Morgan fingerprint density at radius 3 is 2.47 bits per heavy atom. The second-order valence-electron chi connectivity index (χ2n) is 4.13. The summed E-state index contributed by atoms with van der Waals surface area (Å²) in [6.07, 6.45) is 3.50. The van der Waals surface area contributed by atoms with E-state index in [4.69, 9.17) is 0 Å². The highest BCUT2D eigenvalue weighted by Crippen LogP contribution is 2.22. The summed E-state index contributed by atoms with van der Waals surface area (Å²) in [4.78, 5) is 13.6. The monoisotopic (exact) mass is 228 g/mol. The molecule has 1 N–H and O–H groups in total. The number of aromatic nitrogens is 2. The second-order valence-corrected chi connectivity index (χ2v) is 4.13. The van der Waals surface area contributed by atoms with E-state index < -0.39 is 0 Å². The molecule has 88 valence electrons. The van der Waals surface area contributed by atoms with E-state index in [2.05, 4.69) is 15.0 Å². The van der Waals surface area contributed by atoms with E-state index in [9.17, 15) is 0 Å². The Kier molecular flexibility index (Phi) is 3.23. The van der Waals surface area contributed by atoms with Crippen LogP contribution in [0, 0.1) is 6.92 Å². The van der Waals surface area contributed by atoms with Crippen LogP contribution >= 0.6 is 0 Å². The lowest BCUT2D eigenvalue weighted by molar-refractivity contribution is 0.643. The Labute approximate surface area is 101 Å². The van der Waals surface area contributed by atoms with Gasteiger partial charge in [0.1, 0.15) is 0 Å². The van der Waals surface area contributed by atoms with Crippen LogP contribution in [0.4, 0.5) is 5.69 Å². The van der Waals surface area contributed by atoms with E-state index in [1.54, 1.807) is 12.7 Å². The van der Waals surface area contributed by atoms with Gasteiger partial charge in [-0.2, -0.15) is 0 Å². The lowest BCUT2D eigenvalue weighted by atomic mass is 10.1. The summed E-state index contributed by atoms with van der Waals surface area (Å²) in [5.41, 5.74) is 4.12. The summed E-state index contributed by atoms with van der Waals surface area (Å²) < 4.78 is 0. The van der Waals surface area contributed by atoms with Crippen LogP contribution in [0.3, 0.4) is 0 Å². The number of aromatic amines is 1. The molecule has 1 aromatic heterocycles. The van der Waals surface area contributed by atoms with Crippen molar-refractivity contribution >= 4 is 12.0 Å². The predicted molar refractivity (Wildman–Crippen MR) is 70.6 cm³/mol. The quantitative estimate of drug-likeness (QED) is 0.648. The molecule has 0 bridgehead atoms. The maximum absolute atomic E-state index is 4.32. The summed E-state index contributed by atoms with van der Waals surface area (Å²) in [7, 11) is 3.90. The topological polar surface area (TPSA) is 44.3 Å². The van der Waals surface area contributed by atoms with Gasteiger partial charge in [0.05, 0.1) is 24.0 Å². The van der Waals surface area contributed by atoms with Gasteiger partial charge < -0.3 is 9.88 Å². The van der Waals surface area contributed by atoms with Crippen LogP contribution in [0.2, 0.25) is 0 Å². The molecule has 0 atom stereocenters. The number of imidazole rings is 1. The molecule has 17 heavy (non-hydrogen) atoms. The normalized spacial score (nSPS) is 11.0. The van der Waals surface area contributed by atoms with E-state index >= 15 is 0 Å². The third-order valence-corrected chi connectivity index (χ3v) is 2.41. The molecule has 2 aromatic rings. The standard InChI is InChI=1S/C13H16N4/c1-10-13(15-8-14-10)11-4-6-12(7-5-11)16-9-17(2)3/h4-9H,1-3H3,(H,14,15). The number of hydrogen-bond donors (Lipinski definition) is 1. The van der Waals surface area contributed by atoms with Crippen molar-refractivity contribution in [1.29, 1.82) is 0 Å². The first-order chi connectivity index (χ1) is 8.16. The number of aliphatic imine (C=N–C) groups is 1. The summed E-state index contributed by atoms with van der Waals surface area (Å²) in [6, 6.07) is 8.05. The summed E-state index contributed by atoms with van der Waals surface area (Å²) in [5, 5.41) is 0. The van der Waals surface area contributed by atoms with Crippen molar-refractivity contribution in [1.82, 2.24) is 14.9 Å². The molecule has 0 fully saturated rings. The average molecular weight is 228 g/mol. The van der Waals surface area contributed by atoms with Crippen LogP contribution in [-0.2, 0) is 0 Å². The molecular weight excluding hydrogens is 212 g/mol. The fourth-order valence-corrected chi connectivity index (χ4v) is 1.54. The summed E-state index contributed by atoms with van der Waals surface area (Å²) in [5.74, 6) is 0. The van der Waals surface area contributed by atoms with Crippen molar-refractivity contribution in [2.24, 2.45) is 4.99 Å². The van der Waals surface area contributed by atoms with Crippen molar-refractivity contribution < 1.29 is 0 Å². The molecular formula is C13H16N4. The molecule has 0 radical (unpaired) electrons. The Balaban J connectivity index is 2.22. The zero-order chi connectivity index (χ0) is 12.3. The van der Waals surface area contributed by atoms with Crippen LogP contribution in [0.15, 0.2) is 35.6 Å². The molecule has 0 aliphatic carbocycles. The largest absolute Gasteiger partial charge is 0.369 e. The predicted octanol–water partition coefficient (Wildman–Crippen LogP) is 2.61. The van der Waals surface area contributed by atoms with Gasteiger partial charge in [0, 0.05) is 25.4 Å². The van der Waals surface area contributed by atoms with Crippen LogP contribution in [0.5, 0.6) is 0 Å². The maximum Gasteiger partial charge on any atom is 0.0929 e. The molecule has 0 amide bonds. The van der Waals surface area contributed by atoms with Gasteiger partial charge in [-0.3, -0.25) is 0 Å². The highest BCUT2D eigenvalue weighted by atomic mass is 15.1. The van der Waals surface area contributed by atoms with E-state index in [1.807, 2.05) is 50.2 Å². The summed E-state index contributed by atoms with van der Waals surface area (Å²) in [6.45, 7) is 2.01. The molecule has 1 aromatic carbocycles. The Morgan fingerprint density at radius 1 is 1.24 bits per heavy atom. The Hall–Kier alpha value is -2.10. The van der Waals surface area contributed by atoms with E-state index in [1.165, 1.54) is 0 Å². The highest BCUT2D eigenvalue weighted by Gasteiger charge is 2.03. The lowest BCUT2D eigenvalue weighted by Gasteiger charge is -2.03. The first-order valence-corrected chi connectivity index (χ1v) is 5.48. The van der Waals surface area contributed by atoms with Gasteiger partial charge in [-0.15, -0.1) is 0 Å². The Morgan fingerprint density at radius 2 is 1.94 bits per heavy atom. The fraction of sp³-hybridized carbons (Fsp3) is 0.231. The second kappa shape index (κ2) is 4.82. The van der Waals surface area contributed by atoms with Gasteiger partial charge in [-0.25, -0.2) is 9.98 Å². The number of hydrogen-bond acceptors (Lipinski definition) is 2. The van der Waals surface area contributed by atoms with Crippen LogP contribution in [0.1, 0.15) is 5.69 Å². The lowest BCUT2D eigenvalue weighted by Crippen LogP contribution is -2.06. The van der Waals surface area contributed by atoms with Crippen molar-refractivity contribution in [3.63, 3.8) is 0 Å². The number of H-pyrrole nitrogens is 1. The SMILES string of the molecule is Cc1[nH]cnc1-c1ccc(N=CN(C)C)cc1. The van der Waals surface area contributed by atoms with Gasteiger partial charge in [-0.05, 0) is 19.1 Å². The van der Waals surface area contributed by atoms with Crippen LogP contribution in [0.25, 0.3) is 11.3 Å². The van der Waals surface area contributed by atoms with Gasteiger partial charge in [-0.1, -0.05) is 12.1 Å². The zero-order valence-corrected chi connectivity index (χ0v) is 10.3. The van der Waals surface area contributed by atoms with E-state index in [0.29, 0.717) is 0 Å². The molecule has 2 rings (SSSR count). The summed E-state index contributed by atoms with van der Waals surface area (Å²) >= 11 is 0.